The first-order valence-electron chi connectivity index (χ1n) is 7.78. The number of hydrogen-bond acceptors (Lipinski definition) is 5. The summed E-state index contributed by atoms with van der Waals surface area (Å²) in [7, 11) is -0.198. The number of fused-ring (bicyclic) bond motifs is 1. The largest absolute Gasteiger partial charge is 0.331 e. The standard InChI is InChI=1S/C15H20N6O3S/c1-19(2)15(22)20-6-7-21-13(11-20)8-12(18-21)9-17-25(23,24)14-4-3-5-16-10-14/h3-5,8,10,17H,6-7,9,11H2,1-2H3. The van der Waals surface area contributed by atoms with Crippen molar-refractivity contribution in [2.24, 2.45) is 0 Å². The summed E-state index contributed by atoms with van der Waals surface area (Å²) in [5.74, 6) is 0. The average Bonchev–Trinajstić information content (AvgIpc) is 3.02. The van der Waals surface area contributed by atoms with Crippen LogP contribution in [-0.2, 0) is 29.7 Å². The van der Waals surface area contributed by atoms with Gasteiger partial charge in [0.2, 0.25) is 10.0 Å². The van der Waals surface area contributed by atoms with Crippen LogP contribution in [0.5, 0.6) is 0 Å². The minimum Gasteiger partial charge on any atom is -0.331 e. The normalized spacial score (nSPS) is 14.2. The predicted molar refractivity (Wildman–Crippen MR) is 90.0 cm³/mol. The molecule has 3 heterocycles. The zero-order valence-corrected chi connectivity index (χ0v) is 14.9. The lowest BCUT2D eigenvalue weighted by molar-refractivity contribution is 0.155. The average molecular weight is 364 g/mol. The molecule has 9 nitrogen and oxygen atoms in total. The van der Waals surface area contributed by atoms with Crippen molar-refractivity contribution in [1.82, 2.24) is 29.3 Å². The van der Waals surface area contributed by atoms with E-state index >= 15 is 0 Å². The molecule has 1 aliphatic rings. The van der Waals surface area contributed by atoms with Crippen molar-refractivity contribution in [1.29, 1.82) is 0 Å². The monoisotopic (exact) mass is 364 g/mol. The number of hydrogen-bond donors (Lipinski definition) is 1. The molecule has 134 valence electrons. The fraction of sp³-hybridized carbons (Fsp3) is 0.400. The summed E-state index contributed by atoms with van der Waals surface area (Å²) >= 11 is 0. The fourth-order valence-electron chi connectivity index (χ4n) is 2.62. The summed E-state index contributed by atoms with van der Waals surface area (Å²) < 4.78 is 28.8. The van der Waals surface area contributed by atoms with E-state index in [0.717, 1.165) is 5.69 Å². The van der Waals surface area contributed by atoms with E-state index in [0.29, 0.717) is 25.3 Å². The van der Waals surface area contributed by atoms with Gasteiger partial charge in [-0.15, -0.1) is 0 Å². The van der Waals surface area contributed by atoms with E-state index < -0.39 is 10.0 Å². The first-order chi connectivity index (χ1) is 11.9. The Labute approximate surface area is 146 Å². The van der Waals surface area contributed by atoms with Gasteiger partial charge in [-0.25, -0.2) is 17.9 Å². The summed E-state index contributed by atoms with van der Waals surface area (Å²) in [6.45, 7) is 1.70. The van der Waals surface area contributed by atoms with Crippen LogP contribution in [0.4, 0.5) is 4.79 Å². The van der Waals surface area contributed by atoms with Gasteiger partial charge in [0.1, 0.15) is 4.90 Å². The predicted octanol–water partition coefficient (Wildman–Crippen LogP) is 0.254. The number of rotatable bonds is 4. The SMILES string of the molecule is CN(C)C(=O)N1CCn2nc(CNS(=O)(=O)c3cccnc3)cc2C1. The van der Waals surface area contributed by atoms with E-state index in [2.05, 4.69) is 14.8 Å². The maximum atomic E-state index is 12.2. The summed E-state index contributed by atoms with van der Waals surface area (Å²) in [6, 6.07) is 4.82. The molecule has 1 N–H and O–H groups in total. The molecule has 2 aromatic rings. The Morgan fingerprint density at radius 3 is 2.84 bits per heavy atom. The molecule has 0 bridgehead atoms. The van der Waals surface area contributed by atoms with E-state index in [9.17, 15) is 13.2 Å². The number of nitrogens with zero attached hydrogens (tertiary/aromatic N) is 5. The summed E-state index contributed by atoms with van der Waals surface area (Å²) in [4.78, 5) is 19.3. The van der Waals surface area contributed by atoms with Crippen LogP contribution in [0.2, 0.25) is 0 Å². The number of nitrogens with one attached hydrogen (secondary N) is 1. The first-order valence-corrected chi connectivity index (χ1v) is 9.26. The molecule has 2 aromatic heterocycles. The van der Waals surface area contributed by atoms with Gasteiger partial charge in [-0.3, -0.25) is 9.67 Å². The lowest BCUT2D eigenvalue weighted by atomic mass is 10.3. The molecule has 0 aliphatic carbocycles. The number of carbonyl (C=O) groups excluding carboxylic acids is 1. The Balaban J connectivity index is 1.68. The number of sulfonamides is 1. The molecular formula is C15H20N6O3S. The lowest BCUT2D eigenvalue weighted by Crippen LogP contribution is -2.43. The second kappa shape index (κ2) is 6.81. The molecule has 3 rings (SSSR count). The molecular weight excluding hydrogens is 344 g/mol. The van der Waals surface area contributed by atoms with Crippen molar-refractivity contribution in [3.05, 3.63) is 42.0 Å². The topological polar surface area (TPSA) is 100 Å². The molecule has 0 spiro atoms. The molecule has 0 saturated carbocycles. The molecule has 2 amide bonds. The smallest absolute Gasteiger partial charge is 0.319 e. The summed E-state index contributed by atoms with van der Waals surface area (Å²) in [5.41, 5.74) is 1.50. The molecule has 0 unspecified atom stereocenters. The molecule has 0 radical (unpaired) electrons. The van der Waals surface area contributed by atoms with Crippen LogP contribution in [0.3, 0.4) is 0 Å². The third-order valence-corrected chi connectivity index (χ3v) is 5.28. The van der Waals surface area contributed by atoms with Gasteiger partial charge in [0.15, 0.2) is 0 Å². The Morgan fingerprint density at radius 1 is 1.36 bits per heavy atom. The van der Waals surface area contributed by atoms with Crippen molar-refractivity contribution in [2.75, 3.05) is 20.6 Å². The van der Waals surface area contributed by atoms with Crippen LogP contribution < -0.4 is 4.72 Å². The van der Waals surface area contributed by atoms with Crippen LogP contribution in [0, 0.1) is 0 Å². The zero-order valence-electron chi connectivity index (χ0n) is 14.1. The van der Waals surface area contributed by atoms with E-state index in [4.69, 9.17) is 0 Å². The molecule has 25 heavy (non-hydrogen) atoms. The number of pyridine rings is 1. The van der Waals surface area contributed by atoms with Crippen LogP contribution >= 0.6 is 0 Å². The van der Waals surface area contributed by atoms with Gasteiger partial charge >= 0.3 is 6.03 Å². The number of urea groups is 1. The van der Waals surface area contributed by atoms with Gasteiger partial charge in [-0.05, 0) is 18.2 Å². The van der Waals surface area contributed by atoms with Crippen LogP contribution in [0.15, 0.2) is 35.5 Å². The van der Waals surface area contributed by atoms with Gasteiger partial charge in [0, 0.05) is 33.0 Å². The van der Waals surface area contributed by atoms with Crippen molar-refractivity contribution >= 4 is 16.1 Å². The molecule has 0 saturated heterocycles. The third-order valence-electron chi connectivity index (χ3n) is 3.89. The Hall–Kier alpha value is -2.46. The molecule has 10 heteroatoms. The van der Waals surface area contributed by atoms with Crippen molar-refractivity contribution in [3.63, 3.8) is 0 Å². The highest BCUT2D eigenvalue weighted by Gasteiger charge is 2.23. The third kappa shape index (κ3) is 3.80. The number of amides is 2. The van der Waals surface area contributed by atoms with Crippen LogP contribution in [-0.4, -0.2) is 59.7 Å². The highest BCUT2D eigenvalue weighted by molar-refractivity contribution is 7.89. The lowest BCUT2D eigenvalue weighted by Gasteiger charge is -2.29. The van der Waals surface area contributed by atoms with Gasteiger partial charge in [0.05, 0.1) is 31.0 Å². The van der Waals surface area contributed by atoms with E-state index in [1.165, 1.54) is 23.4 Å². The van der Waals surface area contributed by atoms with E-state index in [1.54, 1.807) is 25.1 Å². The second-order valence-corrected chi connectivity index (χ2v) is 7.73. The van der Waals surface area contributed by atoms with Crippen molar-refractivity contribution in [3.8, 4) is 0 Å². The molecule has 0 atom stereocenters. The maximum absolute atomic E-state index is 12.2. The van der Waals surface area contributed by atoms with E-state index in [1.807, 2.05) is 10.7 Å². The molecule has 0 fully saturated rings. The first kappa shape index (κ1) is 17.4. The second-order valence-electron chi connectivity index (χ2n) is 5.96. The summed E-state index contributed by atoms with van der Waals surface area (Å²) in [6.07, 6.45) is 2.81. The van der Waals surface area contributed by atoms with Gasteiger partial charge in [0.25, 0.3) is 0 Å². The number of carbonyl (C=O) groups is 1. The Bertz CT molecular complexity index is 863. The fourth-order valence-corrected chi connectivity index (χ4v) is 3.58. The minimum atomic E-state index is -3.63. The van der Waals surface area contributed by atoms with Crippen molar-refractivity contribution < 1.29 is 13.2 Å². The highest BCUT2D eigenvalue weighted by Crippen LogP contribution is 2.15. The summed E-state index contributed by atoms with van der Waals surface area (Å²) in [5, 5.41) is 4.41. The van der Waals surface area contributed by atoms with Crippen LogP contribution in [0.25, 0.3) is 0 Å². The molecule has 1 aliphatic heterocycles. The Kier molecular flexibility index (Phi) is 4.73. The van der Waals surface area contributed by atoms with Crippen LogP contribution in [0.1, 0.15) is 11.4 Å². The quantitative estimate of drug-likeness (QED) is 0.838. The minimum absolute atomic E-state index is 0.0497. The highest BCUT2D eigenvalue weighted by atomic mass is 32.2. The Morgan fingerprint density at radius 2 is 2.16 bits per heavy atom. The molecule has 0 aromatic carbocycles. The van der Waals surface area contributed by atoms with Crippen molar-refractivity contribution in [2.45, 2.75) is 24.5 Å². The number of aromatic nitrogens is 3. The van der Waals surface area contributed by atoms with Gasteiger partial charge in [-0.1, -0.05) is 0 Å². The zero-order chi connectivity index (χ0) is 18.0. The van der Waals surface area contributed by atoms with E-state index in [-0.39, 0.29) is 17.5 Å². The van der Waals surface area contributed by atoms with Gasteiger partial charge < -0.3 is 9.80 Å². The van der Waals surface area contributed by atoms with Gasteiger partial charge in [-0.2, -0.15) is 5.10 Å². The maximum Gasteiger partial charge on any atom is 0.319 e.